The predicted octanol–water partition coefficient (Wildman–Crippen LogP) is 3.91. The Morgan fingerprint density at radius 2 is 1.65 bits per heavy atom. The highest BCUT2D eigenvalue weighted by molar-refractivity contribution is 7.99. The maximum atomic E-state index is 12.0. The van der Waals surface area contributed by atoms with Crippen molar-refractivity contribution in [2.75, 3.05) is 18.9 Å². The first kappa shape index (κ1) is 29.5. The Bertz CT molecular complexity index is 1230. The summed E-state index contributed by atoms with van der Waals surface area (Å²) in [7, 11) is 0. The fourth-order valence-corrected chi connectivity index (χ4v) is 5.19. The van der Waals surface area contributed by atoms with Crippen LogP contribution in [0.4, 0.5) is 4.79 Å². The molecule has 1 saturated heterocycles. The molecule has 40 heavy (non-hydrogen) atoms. The second-order valence-corrected chi connectivity index (χ2v) is 10.2. The highest BCUT2D eigenvalue weighted by atomic mass is 32.2. The van der Waals surface area contributed by atoms with Crippen molar-refractivity contribution in [2.45, 2.75) is 50.7 Å². The van der Waals surface area contributed by atoms with Crippen LogP contribution in [0.5, 0.6) is 0 Å². The van der Waals surface area contributed by atoms with Crippen molar-refractivity contribution in [3.8, 4) is 0 Å². The van der Waals surface area contributed by atoms with Crippen molar-refractivity contribution in [3.63, 3.8) is 0 Å². The number of aromatic nitrogens is 2. The van der Waals surface area contributed by atoms with Crippen molar-refractivity contribution in [3.05, 3.63) is 89.2 Å². The lowest BCUT2D eigenvalue weighted by molar-refractivity contribution is -0.268. The molecule has 2 heterocycles. The largest absolute Gasteiger partial charge is 0.465 e. The summed E-state index contributed by atoms with van der Waals surface area (Å²) in [5, 5.41) is 15.3. The lowest BCUT2D eigenvalue weighted by Gasteiger charge is -2.41. The van der Waals surface area contributed by atoms with Gasteiger partial charge in [-0.05, 0) is 29.7 Å². The lowest BCUT2D eigenvalue weighted by atomic mass is 9.91. The third kappa shape index (κ3) is 8.25. The normalized spacial score (nSPS) is 20.5. The van der Waals surface area contributed by atoms with Crippen molar-refractivity contribution in [1.29, 1.82) is 0 Å². The summed E-state index contributed by atoms with van der Waals surface area (Å²) in [5.41, 5.74) is 3.58. The van der Waals surface area contributed by atoms with Crippen molar-refractivity contribution in [2.24, 2.45) is 5.92 Å². The first-order chi connectivity index (χ1) is 19.5. The van der Waals surface area contributed by atoms with Gasteiger partial charge in [0.15, 0.2) is 11.4 Å². The van der Waals surface area contributed by atoms with E-state index in [-0.39, 0.29) is 44.4 Å². The summed E-state index contributed by atoms with van der Waals surface area (Å²) in [4.78, 5) is 32.0. The Kier molecular flexibility index (Phi) is 10.9. The number of rotatable bonds is 11. The van der Waals surface area contributed by atoms with Crippen LogP contribution in [0.2, 0.25) is 0 Å². The van der Waals surface area contributed by atoms with Gasteiger partial charge >= 0.3 is 12.0 Å². The summed E-state index contributed by atoms with van der Waals surface area (Å²) in [6.45, 7) is 4.17. The van der Waals surface area contributed by atoms with E-state index >= 15 is 0 Å². The number of thioether (sulfide) groups is 1. The number of amides is 2. The molecule has 1 aromatic heterocycles. The van der Waals surface area contributed by atoms with E-state index in [2.05, 4.69) is 27.5 Å². The number of nitrogens with zero attached hydrogens (tertiary/aromatic N) is 2. The smallest absolute Gasteiger partial charge is 0.325 e. The van der Waals surface area contributed by atoms with Crippen LogP contribution >= 0.6 is 11.8 Å². The summed E-state index contributed by atoms with van der Waals surface area (Å²) in [5.74, 6) is 0.211. The van der Waals surface area contributed by atoms with Crippen molar-refractivity contribution >= 4 is 23.8 Å². The fraction of sp³-hybridized carbons (Fsp3) is 0.379. The molecule has 0 bridgehead atoms. The Morgan fingerprint density at radius 3 is 2.33 bits per heavy atom. The van der Waals surface area contributed by atoms with Gasteiger partial charge in [0, 0.05) is 36.2 Å². The summed E-state index contributed by atoms with van der Waals surface area (Å²) >= 11 is 1.54. The molecule has 212 valence electrons. The minimum absolute atomic E-state index is 0.0162. The third-order valence-electron chi connectivity index (χ3n) is 6.45. The van der Waals surface area contributed by atoms with E-state index in [9.17, 15) is 14.7 Å². The molecule has 0 spiro atoms. The third-order valence-corrected chi connectivity index (χ3v) is 7.41. The number of carbonyl (C=O) groups excluding carboxylic acids is 2. The van der Waals surface area contributed by atoms with E-state index in [0.717, 1.165) is 22.3 Å². The number of ether oxygens (including phenoxy) is 3. The summed E-state index contributed by atoms with van der Waals surface area (Å²) in [6.07, 6.45) is 2.48. The molecular weight excluding hydrogens is 532 g/mol. The van der Waals surface area contributed by atoms with E-state index in [1.54, 1.807) is 37.1 Å². The van der Waals surface area contributed by atoms with Gasteiger partial charge < -0.3 is 30.0 Å². The monoisotopic (exact) mass is 566 g/mol. The minimum atomic E-state index is -0.601. The van der Waals surface area contributed by atoms with Gasteiger partial charge in [0.2, 0.25) is 0 Å². The second kappa shape index (κ2) is 14.8. The van der Waals surface area contributed by atoms with Gasteiger partial charge in [-0.3, -0.25) is 4.79 Å². The molecule has 10 nitrogen and oxygen atoms in total. The highest BCUT2D eigenvalue weighted by Crippen LogP contribution is 2.42. The number of urea groups is 1. The standard InChI is InChI=1S/C29H34N4O6S/c1-3-37-25(35)16-33-28(36)32-15-20-5-11-23(12-6-20)27-38-24(18-40-29-30-13-4-14-31-29)19(2)26(39-27)22-9-7-21(17-34)8-10-22/h4-14,19,24,26-27,34H,3,15-18H2,1-2H3,(H2,32,33,36)/t19-,24+,26+,27+/m0/s1. The molecule has 2 amide bonds. The van der Waals surface area contributed by atoms with Gasteiger partial charge in [0.1, 0.15) is 6.54 Å². The van der Waals surface area contributed by atoms with E-state index in [0.29, 0.717) is 10.9 Å². The molecule has 1 aliphatic heterocycles. The quantitative estimate of drug-likeness (QED) is 0.180. The average Bonchev–Trinajstić information content (AvgIpc) is 2.99. The molecule has 11 heteroatoms. The Balaban J connectivity index is 1.42. The Labute approximate surface area is 237 Å². The van der Waals surface area contributed by atoms with E-state index < -0.39 is 18.3 Å². The van der Waals surface area contributed by atoms with E-state index in [1.165, 1.54) is 0 Å². The molecule has 1 fully saturated rings. The summed E-state index contributed by atoms with van der Waals surface area (Å²) in [6, 6.07) is 16.8. The van der Waals surface area contributed by atoms with Gasteiger partial charge in [0.25, 0.3) is 0 Å². The van der Waals surface area contributed by atoms with Gasteiger partial charge in [-0.2, -0.15) is 0 Å². The van der Waals surface area contributed by atoms with Crippen LogP contribution in [0.1, 0.15) is 48.5 Å². The molecule has 2 aromatic carbocycles. The predicted molar refractivity (Wildman–Crippen MR) is 149 cm³/mol. The summed E-state index contributed by atoms with van der Waals surface area (Å²) < 4.78 is 17.7. The van der Waals surface area contributed by atoms with Gasteiger partial charge in [-0.1, -0.05) is 67.2 Å². The number of nitrogens with one attached hydrogen (secondary N) is 2. The molecule has 0 aliphatic carbocycles. The van der Waals surface area contributed by atoms with Crippen LogP contribution in [-0.2, 0) is 32.2 Å². The molecule has 3 aromatic rings. The van der Waals surface area contributed by atoms with Gasteiger partial charge in [-0.15, -0.1) is 0 Å². The first-order valence-corrected chi connectivity index (χ1v) is 14.1. The molecule has 1 aliphatic rings. The molecule has 4 rings (SSSR count). The zero-order valence-electron chi connectivity index (χ0n) is 22.5. The number of benzene rings is 2. The number of aliphatic hydroxyl groups excluding tert-OH is 1. The lowest BCUT2D eigenvalue weighted by Crippen LogP contribution is -2.39. The Hall–Kier alpha value is -3.51. The highest BCUT2D eigenvalue weighted by Gasteiger charge is 2.38. The van der Waals surface area contributed by atoms with E-state index in [4.69, 9.17) is 14.2 Å². The van der Waals surface area contributed by atoms with Crippen LogP contribution in [0.25, 0.3) is 0 Å². The molecule has 0 radical (unpaired) electrons. The van der Waals surface area contributed by atoms with Crippen LogP contribution in [0.3, 0.4) is 0 Å². The molecular formula is C29H34N4O6S. The second-order valence-electron chi connectivity index (χ2n) is 9.25. The maximum Gasteiger partial charge on any atom is 0.325 e. The van der Waals surface area contributed by atoms with Crippen LogP contribution in [-0.4, -0.2) is 52.1 Å². The van der Waals surface area contributed by atoms with Gasteiger partial charge in [-0.25, -0.2) is 14.8 Å². The maximum absolute atomic E-state index is 12.0. The molecule has 4 atom stereocenters. The topological polar surface area (TPSA) is 132 Å². The van der Waals surface area contributed by atoms with Crippen LogP contribution in [0.15, 0.2) is 72.1 Å². The first-order valence-electron chi connectivity index (χ1n) is 13.1. The van der Waals surface area contributed by atoms with Crippen molar-refractivity contribution < 1.29 is 28.9 Å². The number of carbonyl (C=O) groups is 2. The fourth-order valence-electron chi connectivity index (χ4n) is 4.23. The number of hydrogen-bond donors (Lipinski definition) is 3. The molecule has 3 N–H and O–H groups in total. The van der Waals surface area contributed by atoms with Gasteiger partial charge in [0.05, 0.1) is 25.4 Å². The zero-order chi connectivity index (χ0) is 28.3. The Morgan fingerprint density at radius 1 is 0.975 bits per heavy atom. The number of hydrogen-bond acceptors (Lipinski definition) is 9. The van der Waals surface area contributed by atoms with Crippen LogP contribution in [0, 0.1) is 5.92 Å². The number of aliphatic hydroxyl groups is 1. The van der Waals surface area contributed by atoms with E-state index in [1.807, 2.05) is 48.5 Å². The molecule has 0 unspecified atom stereocenters. The van der Waals surface area contributed by atoms with Crippen LogP contribution < -0.4 is 10.6 Å². The SMILES string of the molecule is CCOC(=O)CNC(=O)NCc1ccc([C@@H]2O[C@H](CSc3ncccn3)[C@H](C)[C@H](c3ccc(CO)cc3)O2)cc1. The average molecular weight is 567 g/mol. The van der Waals surface area contributed by atoms with Crippen molar-refractivity contribution in [1.82, 2.24) is 20.6 Å². The number of esters is 1. The minimum Gasteiger partial charge on any atom is -0.465 e. The zero-order valence-corrected chi connectivity index (χ0v) is 23.3. The molecule has 0 saturated carbocycles.